The van der Waals surface area contributed by atoms with Gasteiger partial charge in [-0.05, 0) is 51.0 Å². The molecule has 1 aliphatic carbocycles. The lowest BCUT2D eigenvalue weighted by atomic mass is 10.1. The molecule has 1 fully saturated rings. The molecule has 0 radical (unpaired) electrons. The van der Waals surface area contributed by atoms with Crippen molar-refractivity contribution < 1.29 is 9.21 Å². The summed E-state index contributed by atoms with van der Waals surface area (Å²) in [5, 5.41) is 8.47. The van der Waals surface area contributed by atoms with Crippen molar-refractivity contribution in [2.24, 2.45) is 0 Å². The molecule has 1 saturated carbocycles. The predicted molar refractivity (Wildman–Crippen MR) is 122 cm³/mol. The van der Waals surface area contributed by atoms with E-state index in [1.54, 1.807) is 12.4 Å². The van der Waals surface area contributed by atoms with E-state index in [4.69, 9.17) is 4.42 Å². The minimum atomic E-state index is 0.0112. The molecule has 1 aliphatic rings. The fourth-order valence-electron chi connectivity index (χ4n) is 3.94. The number of rotatable bonds is 8. The normalized spacial score (nSPS) is 13.4. The van der Waals surface area contributed by atoms with Crippen molar-refractivity contribution in [3.8, 4) is 5.69 Å². The standard InChI is InChI=1S/C24H26N6O2/c1-3-28(24-27-20-6-4-5-7-22(20)32-24)14-15-29(18-9-10-18)23(31)19-16-17(2)8-11-21(19)30-25-12-13-26-30/h4-8,11-13,16,18H,3,9-10,14-15H2,1-2H3. The number of amides is 1. The number of aryl methyl sites for hydroxylation is 1. The molecule has 0 atom stereocenters. The van der Waals surface area contributed by atoms with Gasteiger partial charge in [0.15, 0.2) is 5.58 Å². The quantitative estimate of drug-likeness (QED) is 0.422. The van der Waals surface area contributed by atoms with E-state index in [0.29, 0.717) is 30.4 Å². The largest absolute Gasteiger partial charge is 0.423 e. The Balaban J connectivity index is 1.38. The average Bonchev–Trinajstić information content (AvgIpc) is 3.32. The second-order valence-electron chi connectivity index (χ2n) is 8.11. The molecule has 1 amide bonds. The topological polar surface area (TPSA) is 80.3 Å². The van der Waals surface area contributed by atoms with Gasteiger partial charge in [0, 0.05) is 25.7 Å². The van der Waals surface area contributed by atoms with Crippen LogP contribution in [-0.2, 0) is 0 Å². The lowest BCUT2D eigenvalue weighted by Gasteiger charge is -2.27. The molecule has 8 heteroatoms. The molecule has 164 valence electrons. The predicted octanol–water partition coefficient (Wildman–Crippen LogP) is 3.85. The average molecular weight is 431 g/mol. The van der Waals surface area contributed by atoms with Crippen LogP contribution >= 0.6 is 0 Å². The number of benzene rings is 2. The molecule has 0 N–H and O–H groups in total. The first-order valence-electron chi connectivity index (χ1n) is 11.0. The molecule has 0 unspecified atom stereocenters. The number of carbonyl (C=O) groups excluding carboxylic acids is 1. The van der Waals surface area contributed by atoms with E-state index in [0.717, 1.165) is 36.0 Å². The molecule has 4 aromatic rings. The Bertz CT molecular complexity index is 1200. The number of para-hydroxylation sites is 2. The maximum Gasteiger partial charge on any atom is 0.298 e. The van der Waals surface area contributed by atoms with Crippen LogP contribution in [-0.4, -0.2) is 56.5 Å². The van der Waals surface area contributed by atoms with Crippen molar-refractivity contribution >= 4 is 23.0 Å². The van der Waals surface area contributed by atoms with E-state index in [2.05, 4.69) is 27.0 Å². The summed E-state index contributed by atoms with van der Waals surface area (Å²) < 4.78 is 5.95. The fraction of sp³-hybridized carbons (Fsp3) is 0.333. The summed E-state index contributed by atoms with van der Waals surface area (Å²) in [7, 11) is 0. The smallest absolute Gasteiger partial charge is 0.298 e. The Hall–Kier alpha value is -3.68. The van der Waals surface area contributed by atoms with Gasteiger partial charge in [-0.15, -0.1) is 0 Å². The van der Waals surface area contributed by atoms with Crippen LogP contribution in [0.4, 0.5) is 6.01 Å². The van der Waals surface area contributed by atoms with Gasteiger partial charge in [-0.3, -0.25) is 4.79 Å². The maximum atomic E-state index is 13.7. The van der Waals surface area contributed by atoms with E-state index in [1.165, 1.54) is 4.80 Å². The van der Waals surface area contributed by atoms with Crippen LogP contribution in [0.25, 0.3) is 16.8 Å². The zero-order valence-electron chi connectivity index (χ0n) is 18.3. The van der Waals surface area contributed by atoms with Gasteiger partial charge >= 0.3 is 0 Å². The number of hydrogen-bond donors (Lipinski definition) is 0. The van der Waals surface area contributed by atoms with Gasteiger partial charge in [-0.25, -0.2) is 0 Å². The summed E-state index contributed by atoms with van der Waals surface area (Å²) in [6.45, 7) is 6.04. The zero-order chi connectivity index (χ0) is 22.1. The molecule has 2 aromatic carbocycles. The molecule has 0 saturated heterocycles. The number of nitrogens with zero attached hydrogens (tertiary/aromatic N) is 6. The van der Waals surface area contributed by atoms with Gasteiger partial charge in [0.1, 0.15) is 5.52 Å². The van der Waals surface area contributed by atoms with Crippen LogP contribution in [0.15, 0.2) is 59.3 Å². The number of carbonyl (C=O) groups is 1. The third-order valence-corrected chi connectivity index (χ3v) is 5.81. The van der Waals surface area contributed by atoms with Gasteiger partial charge in [-0.1, -0.05) is 23.8 Å². The van der Waals surface area contributed by atoms with Gasteiger partial charge in [0.05, 0.1) is 23.6 Å². The monoisotopic (exact) mass is 430 g/mol. The highest BCUT2D eigenvalue weighted by Gasteiger charge is 2.34. The Morgan fingerprint density at radius 2 is 1.91 bits per heavy atom. The third kappa shape index (κ3) is 3.95. The highest BCUT2D eigenvalue weighted by molar-refractivity contribution is 5.98. The second-order valence-corrected chi connectivity index (χ2v) is 8.11. The minimum absolute atomic E-state index is 0.0112. The summed E-state index contributed by atoms with van der Waals surface area (Å²) in [4.78, 5) is 23.9. The lowest BCUT2D eigenvalue weighted by molar-refractivity contribution is 0.0746. The first kappa shape index (κ1) is 20.2. The highest BCUT2D eigenvalue weighted by atomic mass is 16.4. The van der Waals surface area contributed by atoms with Crippen LogP contribution in [0.1, 0.15) is 35.7 Å². The van der Waals surface area contributed by atoms with Gasteiger partial charge in [-0.2, -0.15) is 20.0 Å². The van der Waals surface area contributed by atoms with Crippen molar-refractivity contribution in [1.82, 2.24) is 24.9 Å². The van der Waals surface area contributed by atoms with Crippen molar-refractivity contribution in [2.45, 2.75) is 32.7 Å². The summed E-state index contributed by atoms with van der Waals surface area (Å²) in [5.41, 5.74) is 3.96. The fourth-order valence-corrected chi connectivity index (χ4v) is 3.94. The summed E-state index contributed by atoms with van der Waals surface area (Å²) in [6, 6.07) is 14.4. The molecule has 8 nitrogen and oxygen atoms in total. The molecule has 0 spiro atoms. The molecule has 32 heavy (non-hydrogen) atoms. The van der Waals surface area contributed by atoms with Crippen molar-refractivity contribution in [1.29, 1.82) is 0 Å². The number of anilines is 1. The minimum Gasteiger partial charge on any atom is -0.423 e. The first-order chi connectivity index (χ1) is 15.6. The summed E-state index contributed by atoms with van der Waals surface area (Å²) >= 11 is 0. The third-order valence-electron chi connectivity index (χ3n) is 5.81. The van der Waals surface area contributed by atoms with Crippen LogP contribution in [0, 0.1) is 6.92 Å². The Morgan fingerprint density at radius 3 is 2.62 bits per heavy atom. The molecule has 5 rings (SSSR count). The van der Waals surface area contributed by atoms with Gasteiger partial charge in [0.2, 0.25) is 0 Å². The summed E-state index contributed by atoms with van der Waals surface area (Å²) in [5.74, 6) is 0.0112. The number of aromatic nitrogens is 4. The highest BCUT2D eigenvalue weighted by Crippen LogP contribution is 2.30. The Labute approximate surface area is 186 Å². The van der Waals surface area contributed by atoms with Crippen LogP contribution in [0.5, 0.6) is 0 Å². The van der Waals surface area contributed by atoms with E-state index >= 15 is 0 Å². The van der Waals surface area contributed by atoms with Crippen LogP contribution in [0.2, 0.25) is 0 Å². The Kier molecular flexibility index (Phi) is 5.34. The first-order valence-corrected chi connectivity index (χ1v) is 11.0. The molecule has 0 bridgehead atoms. The zero-order valence-corrected chi connectivity index (χ0v) is 18.3. The van der Waals surface area contributed by atoms with E-state index < -0.39 is 0 Å². The Morgan fingerprint density at radius 1 is 1.12 bits per heavy atom. The van der Waals surface area contributed by atoms with Crippen LogP contribution in [0.3, 0.4) is 0 Å². The van der Waals surface area contributed by atoms with Gasteiger partial charge in [0.25, 0.3) is 11.9 Å². The lowest BCUT2D eigenvalue weighted by Crippen LogP contribution is -2.40. The maximum absolute atomic E-state index is 13.7. The van der Waals surface area contributed by atoms with Crippen molar-refractivity contribution in [3.63, 3.8) is 0 Å². The number of likely N-dealkylation sites (N-methyl/N-ethyl adjacent to an activating group) is 1. The van der Waals surface area contributed by atoms with E-state index in [1.807, 2.05) is 54.3 Å². The SMILES string of the molecule is CCN(CCN(C(=O)c1cc(C)ccc1-n1nccn1)C1CC1)c1nc2ccccc2o1. The van der Waals surface area contributed by atoms with Crippen LogP contribution < -0.4 is 4.90 Å². The molecule has 2 aromatic heterocycles. The van der Waals surface area contributed by atoms with Crippen molar-refractivity contribution in [3.05, 3.63) is 66.0 Å². The molecule has 0 aliphatic heterocycles. The summed E-state index contributed by atoms with van der Waals surface area (Å²) in [6.07, 6.45) is 5.29. The molecular formula is C24H26N6O2. The van der Waals surface area contributed by atoms with E-state index in [-0.39, 0.29) is 11.9 Å². The second kappa shape index (κ2) is 8.45. The number of oxazole rings is 1. The van der Waals surface area contributed by atoms with Crippen molar-refractivity contribution in [2.75, 3.05) is 24.5 Å². The number of fused-ring (bicyclic) bond motifs is 1. The van der Waals surface area contributed by atoms with Gasteiger partial charge < -0.3 is 14.2 Å². The number of hydrogen-bond acceptors (Lipinski definition) is 6. The molecular weight excluding hydrogens is 404 g/mol. The molecule has 2 heterocycles. The van der Waals surface area contributed by atoms with E-state index in [9.17, 15) is 4.79 Å².